The standard InChI is InChI=1S/C30H27F5N4O4/c1-28(2,41)20-13-22(37-26(24(20)32)15-4-8-19(31)9-5-15)29(42,18-6-7-18)14-36-27(40)17-10-16-12-23(30(33,34)35)38-39-25(16)21(11-17)43-3/h4-5,8-13,18,41-42H,6-7,14H2,1-3H3,(H,36,40). The van der Waals surface area contributed by atoms with Gasteiger partial charge in [-0.2, -0.15) is 13.2 Å². The van der Waals surface area contributed by atoms with Gasteiger partial charge in [-0.1, -0.05) is 0 Å². The van der Waals surface area contributed by atoms with E-state index >= 15 is 4.39 Å². The Kier molecular flexibility index (Phi) is 7.59. The topological polar surface area (TPSA) is 117 Å². The van der Waals surface area contributed by atoms with Gasteiger partial charge in [0.1, 0.15) is 28.4 Å². The number of alkyl halides is 3. The summed E-state index contributed by atoms with van der Waals surface area (Å²) in [5, 5.41) is 32.0. The van der Waals surface area contributed by atoms with E-state index in [1.165, 1.54) is 51.3 Å². The summed E-state index contributed by atoms with van der Waals surface area (Å²) in [7, 11) is 1.26. The van der Waals surface area contributed by atoms with Gasteiger partial charge in [-0.15, -0.1) is 10.2 Å². The van der Waals surface area contributed by atoms with E-state index in [4.69, 9.17) is 4.74 Å². The van der Waals surface area contributed by atoms with Crippen molar-refractivity contribution < 1.29 is 41.7 Å². The Morgan fingerprint density at radius 3 is 2.26 bits per heavy atom. The van der Waals surface area contributed by atoms with Crippen LogP contribution in [-0.4, -0.2) is 45.0 Å². The van der Waals surface area contributed by atoms with Gasteiger partial charge in [0.2, 0.25) is 0 Å². The van der Waals surface area contributed by atoms with E-state index in [2.05, 4.69) is 20.5 Å². The Morgan fingerprint density at radius 1 is 1.00 bits per heavy atom. The van der Waals surface area contributed by atoms with Crippen LogP contribution >= 0.6 is 0 Å². The number of hydrogen-bond donors (Lipinski definition) is 3. The zero-order valence-electron chi connectivity index (χ0n) is 23.3. The predicted molar refractivity (Wildman–Crippen MR) is 145 cm³/mol. The third kappa shape index (κ3) is 6.00. The average molecular weight is 603 g/mol. The molecule has 4 aromatic rings. The lowest BCUT2D eigenvalue weighted by Crippen LogP contribution is -2.43. The number of pyridine rings is 1. The number of halogens is 5. The van der Waals surface area contributed by atoms with Crippen LogP contribution in [0.2, 0.25) is 0 Å². The maximum atomic E-state index is 15.6. The second-order valence-corrected chi connectivity index (χ2v) is 11.0. The molecule has 1 unspecified atom stereocenters. The van der Waals surface area contributed by atoms with Crippen LogP contribution in [0.4, 0.5) is 22.0 Å². The van der Waals surface area contributed by atoms with Crippen molar-refractivity contribution in [2.75, 3.05) is 13.7 Å². The Hall–Kier alpha value is -4.23. The van der Waals surface area contributed by atoms with Crippen molar-refractivity contribution in [2.24, 2.45) is 5.92 Å². The lowest BCUT2D eigenvalue weighted by atomic mass is 9.87. The van der Waals surface area contributed by atoms with Crippen LogP contribution < -0.4 is 10.1 Å². The fraction of sp³-hybridized carbons (Fsp3) is 0.333. The molecule has 1 amide bonds. The SMILES string of the molecule is COc1cc(C(=O)NCC(O)(c2cc(C(C)(C)O)c(F)c(-c3ccc(F)cc3)n2)C2CC2)cc2cc(C(F)(F)F)nnc12. The highest BCUT2D eigenvalue weighted by molar-refractivity contribution is 5.99. The molecule has 1 aliphatic carbocycles. The Bertz CT molecular complexity index is 1700. The molecule has 1 aliphatic rings. The van der Waals surface area contributed by atoms with Crippen molar-refractivity contribution in [1.29, 1.82) is 0 Å². The number of ether oxygens (including phenoxy) is 1. The third-order valence-electron chi connectivity index (χ3n) is 7.38. The average Bonchev–Trinajstić information content (AvgIpc) is 3.80. The molecule has 0 saturated heterocycles. The van der Waals surface area contributed by atoms with E-state index in [9.17, 15) is 32.6 Å². The molecule has 3 N–H and O–H groups in total. The molecule has 0 radical (unpaired) electrons. The van der Waals surface area contributed by atoms with Gasteiger partial charge < -0.3 is 20.3 Å². The second-order valence-electron chi connectivity index (χ2n) is 11.0. The van der Waals surface area contributed by atoms with Gasteiger partial charge in [0, 0.05) is 22.1 Å². The minimum atomic E-state index is -4.76. The lowest BCUT2D eigenvalue weighted by molar-refractivity contribution is -0.141. The normalized spacial score (nSPS) is 15.3. The number of benzene rings is 2. The molecule has 0 bridgehead atoms. The highest BCUT2D eigenvalue weighted by Gasteiger charge is 2.47. The van der Waals surface area contributed by atoms with Crippen LogP contribution in [0.1, 0.15) is 54.0 Å². The zero-order valence-corrected chi connectivity index (χ0v) is 23.3. The molecule has 13 heteroatoms. The van der Waals surface area contributed by atoms with Gasteiger partial charge in [-0.05, 0) is 81.1 Å². The molecule has 1 atom stereocenters. The number of amides is 1. The van der Waals surface area contributed by atoms with Crippen LogP contribution in [0, 0.1) is 17.6 Å². The number of nitrogens with zero attached hydrogens (tertiary/aromatic N) is 3. The summed E-state index contributed by atoms with van der Waals surface area (Å²) in [4.78, 5) is 17.6. The lowest BCUT2D eigenvalue weighted by Gasteiger charge is -2.31. The van der Waals surface area contributed by atoms with E-state index in [1.54, 1.807) is 0 Å². The Labute approximate surface area is 242 Å². The van der Waals surface area contributed by atoms with Gasteiger partial charge in [0.05, 0.1) is 24.9 Å². The van der Waals surface area contributed by atoms with Gasteiger partial charge in [0.15, 0.2) is 11.5 Å². The molecule has 2 aromatic carbocycles. The van der Waals surface area contributed by atoms with Crippen LogP contribution in [0.15, 0.2) is 48.5 Å². The van der Waals surface area contributed by atoms with Crippen molar-refractivity contribution in [3.63, 3.8) is 0 Å². The number of aliphatic hydroxyl groups is 2. The minimum Gasteiger partial charge on any atom is -0.494 e. The van der Waals surface area contributed by atoms with E-state index in [0.717, 1.165) is 18.2 Å². The van der Waals surface area contributed by atoms with E-state index in [-0.39, 0.29) is 50.6 Å². The van der Waals surface area contributed by atoms with Crippen molar-refractivity contribution >= 4 is 16.8 Å². The number of carbonyl (C=O) groups excluding carboxylic acids is 1. The van der Waals surface area contributed by atoms with Crippen LogP contribution in [-0.2, 0) is 17.4 Å². The largest absolute Gasteiger partial charge is 0.494 e. The molecule has 43 heavy (non-hydrogen) atoms. The third-order valence-corrected chi connectivity index (χ3v) is 7.38. The molecule has 226 valence electrons. The molecule has 1 fully saturated rings. The molecule has 0 spiro atoms. The van der Waals surface area contributed by atoms with Crippen LogP contribution in [0.25, 0.3) is 22.2 Å². The number of rotatable bonds is 8. The molecule has 5 rings (SSSR count). The fourth-order valence-corrected chi connectivity index (χ4v) is 4.87. The van der Waals surface area contributed by atoms with Crippen molar-refractivity contribution in [3.8, 4) is 17.0 Å². The number of nitrogens with one attached hydrogen (secondary N) is 1. The molecule has 1 saturated carbocycles. The minimum absolute atomic E-state index is 0.0142. The van der Waals surface area contributed by atoms with Crippen molar-refractivity contribution in [3.05, 3.63) is 82.7 Å². The molecular formula is C30H27F5N4O4. The first-order valence-electron chi connectivity index (χ1n) is 13.2. The molecule has 2 aromatic heterocycles. The van der Waals surface area contributed by atoms with Crippen molar-refractivity contribution in [1.82, 2.24) is 20.5 Å². The molecule has 0 aliphatic heterocycles. The summed E-state index contributed by atoms with van der Waals surface area (Å²) in [6.45, 7) is 2.33. The highest BCUT2D eigenvalue weighted by atomic mass is 19.4. The number of fused-ring (bicyclic) bond motifs is 1. The van der Waals surface area contributed by atoms with Gasteiger partial charge in [0.25, 0.3) is 5.91 Å². The quantitative estimate of drug-likeness (QED) is 0.236. The van der Waals surface area contributed by atoms with E-state index in [0.29, 0.717) is 12.8 Å². The summed E-state index contributed by atoms with van der Waals surface area (Å²) >= 11 is 0. The smallest absolute Gasteiger partial charge is 0.435 e. The molecule has 8 nitrogen and oxygen atoms in total. The summed E-state index contributed by atoms with van der Waals surface area (Å²) in [6.07, 6.45) is -3.62. The first-order valence-corrected chi connectivity index (χ1v) is 13.2. The maximum absolute atomic E-state index is 15.6. The highest BCUT2D eigenvalue weighted by Crippen LogP contribution is 2.46. The first kappa shape index (κ1) is 30.2. The number of hydrogen-bond acceptors (Lipinski definition) is 7. The summed E-state index contributed by atoms with van der Waals surface area (Å²) in [5.41, 5.74) is -5.00. The summed E-state index contributed by atoms with van der Waals surface area (Å²) < 4.78 is 74.1. The molecular weight excluding hydrogens is 575 g/mol. The number of aromatic nitrogens is 3. The summed E-state index contributed by atoms with van der Waals surface area (Å²) in [6, 6.07) is 9.36. The van der Waals surface area contributed by atoms with Gasteiger partial charge in [-0.3, -0.25) is 4.79 Å². The monoisotopic (exact) mass is 602 g/mol. The van der Waals surface area contributed by atoms with Crippen molar-refractivity contribution in [2.45, 2.75) is 44.1 Å². The zero-order chi connectivity index (χ0) is 31.3. The van der Waals surface area contributed by atoms with Crippen LogP contribution in [0.3, 0.4) is 0 Å². The molecule has 2 heterocycles. The van der Waals surface area contributed by atoms with E-state index in [1.807, 2.05) is 0 Å². The van der Waals surface area contributed by atoms with Crippen LogP contribution in [0.5, 0.6) is 5.75 Å². The Morgan fingerprint density at radius 2 is 1.67 bits per heavy atom. The fourth-order valence-electron chi connectivity index (χ4n) is 4.87. The first-order chi connectivity index (χ1) is 20.1. The second kappa shape index (κ2) is 10.8. The maximum Gasteiger partial charge on any atom is 0.435 e. The van der Waals surface area contributed by atoms with E-state index < -0.39 is 47.2 Å². The van der Waals surface area contributed by atoms with Gasteiger partial charge >= 0.3 is 6.18 Å². The van der Waals surface area contributed by atoms with Gasteiger partial charge in [-0.25, -0.2) is 13.8 Å². The number of carbonyl (C=O) groups is 1. The predicted octanol–water partition coefficient (Wildman–Crippen LogP) is 5.25. The number of methoxy groups -OCH3 is 1. The Balaban J connectivity index is 1.52. The summed E-state index contributed by atoms with van der Waals surface area (Å²) in [5.74, 6) is -2.51.